The molecule has 178 valence electrons. The van der Waals surface area contributed by atoms with E-state index in [1.165, 1.54) is 29.2 Å². The minimum absolute atomic E-state index is 0.0421. The third-order valence-corrected chi connectivity index (χ3v) is 5.96. The van der Waals surface area contributed by atoms with Gasteiger partial charge in [0, 0.05) is 12.2 Å². The largest absolute Gasteiger partial charge is 0.497 e. The number of halogens is 1. The van der Waals surface area contributed by atoms with Crippen LogP contribution in [0, 0.1) is 5.82 Å². The van der Waals surface area contributed by atoms with Gasteiger partial charge in [-0.15, -0.1) is 0 Å². The molecule has 5 N–H and O–H groups in total. The third kappa shape index (κ3) is 5.31. The van der Waals surface area contributed by atoms with Gasteiger partial charge in [-0.3, -0.25) is 19.3 Å². The van der Waals surface area contributed by atoms with Crippen LogP contribution in [0.4, 0.5) is 15.8 Å². The number of carbonyl (C=O) groups is 3. The lowest BCUT2D eigenvalue weighted by Crippen LogP contribution is -2.49. The summed E-state index contributed by atoms with van der Waals surface area (Å²) in [5.41, 5.74) is 12.0. The summed E-state index contributed by atoms with van der Waals surface area (Å²) >= 11 is 0.707. The zero-order valence-corrected chi connectivity index (χ0v) is 19.4. The molecule has 0 bridgehead atoms. The van der Waals surface area contributed by atoms with Gasteiger partial charge in [-0.05, 0) is 59.9 Å². The van der Waals surface area contributed by atoms with Gasteiger partial charge in [-0.2, -0.15) is 4.37 Å². The number of nitrogens with two attached hydrogens (primary N) is 2. The molecule has 0 aliphatic carbocycles. The Kier molecular flexibility index (Phi) is 7.79. The van der Waals surface area contributed by atoms with E-state index in [4.69, 9.17) is 16.2 Å². The first-order valence-electron chi connectivity index (χ1n) is 10.3. The number of rotatable bonds is 9. The van der Waals surface area contributed by atoms with Gasteiger partial charge in [-0.25, -0.2) is 4.39 Å². The Labute approximate surface area is 199 Å². The van der Waals surface area contributed by atoms with Gasteiger partial charge in [0.1, 0.15) is 22.5 Å². The Balaban J connectivity index is 1.91. The predicted octanol–water partition coefficient (Wildman–Crippen LogP) is 2.71. The van der Waals surface area contributed by atoms with Crippen LogP contribution in [-0.4, -0.2) is 35.2 Å². The lowest BCUT2D eigenvalue weighted by atomic mass is 10.1. The number of anilines is 2. The molecule has 1 heterocycles. The maximum absolute atomic E-state index is 13.6. The SMILES string of the molecule is CC[C@H](C(=O)NCc1ccc(OC)cc1)N(C(=O)c1snc(C(N)=O)c1N)c1ccc(F)cc1. The number of ether oxygens (including phenoxy) is 1. The Morgan fingerprint density at radius 3 is 2.32 bits per heavy atom. The van der Waals surface area contributed by atoms with Crippen LogP contribution in [0.15, 0.2) is 48.5 Å². The van der Waals surface area contributed by atoms with E-state index in [0.29, 0.717) is 17.3 Å². The predicted molar refractivity (Wildman–Crippen MR) is 127 cm³/mol. The number of amides is 3. The molecule has 3 amide bonds. The van der Waals surface area contributed by atoms with Gasteiger partial charge < -0.3 is 21.5 Å². The first-order chi connectivity index (χ1) is 16.3. The van der Waals surface area contributed by atoms with Crippen molar-refractivity contribution < 1.29 is 23.5 Å². The van der Waals surface area contributed by atoms with Crippen LogP contribution in [0.25, 0.3) is 0 Å². The van der Waals surface area contributed by atoms with Crippen molar-refractivity contribution in [2.24, 2.45) is 5.73 Å². The standard InChI is InChI=1S/C23H24FN5O4S/c1-3-17(22(31)27-12-13-4-10-16(33-2)11-5-13)29(15-8-6-14(24)7-9-15)23(32)20-18(25)19(21(26)30)28-34-20/h4-11,17H,3,12,25H2,1-2H3,(H2,26,30)(H,27,31)/t17-/m1/s1. The molecular weight excluding hydrogens is 461 g/mol. The monoisotopic (exact) mass is 485 g/mol. The van der Waals surface area contributed by atoms with Gasteiger partial charge in [0.2, 0.25) is 5.91 Å². The van der Waals surface area contributed by atoms with Crippen molar-refractivity contribution in [2.45, 2.75) is 25.9 Å². The second-order valence-corrected chi connectivity index (χ2v) is 8.05. The highest BCUT2D eigenvalue weighted by molar-refractivity contribution is 7.09. The number of hydrogen-bond donors (Lipinski definition) is 3. The molecule has 9 nitrogen and oxygen atoms in total. The molecule has 34 heavy (non-hydrogen) atoms. The zero-order valence-electron chi connectivity index (χ0n) is 18.6. The summed E-state index contributed by atoms with van der Waals surface area (Å²) in [7, 11) is 1.56. The highest BCUT2D eigenvalue weighted by Crippen LogP contribution is 2.28. The fourth-order valence-corrected chi connectivity index (χ4v) is 4.06. The molecule has 0 aliphatic heterocycles. The zero-order chi connectivity index (χ0) is 24.8. The average Bonchev–Trinajstić information content (AvgIpc) is 3.23. The normalized spacial score (nSPS) is 11.5. The molecule has 0 aliphatic rings. The maximum atomic E-state index is 13.6. The summed E-state index contributed by atoms with van der Waals surface area (Å²) in [6.45, 7) is 1.96. The van der Waals surface area contributed by atoms with E-state index >= 15 is 0 Å². The van der Waals surface area contributed by atoms with Crippen LogP contribution >= 0.6 is 11.5 Å². The second-order valence-electron chi connectivity index (χ2n) is 7.28. The van der Waals surface area contributed by atoms with Crippen molar-refractivity contribution in [3.8, 4) is 5.75 Å². The number of nitrogens with zero attached hydrogens (tertiary/aromatic N) is 2. The molecule has 2 aromatic carbocycles. The molecule has 3 aromatic rings. The summed E-state index contributed by atoms with van der Waals surface area (Å²) in [6.07, 6.45) is 0.249. The number of primary amides is 1. The van der Waals surface area contributed by atoms with Gasteiger partial charge in [0.25, 0.3) is 11.8 Å². The van der Waals surface area contributed by atoms with Gasteiger partial charge in [0.15, 0.2) is 5.69 Å². The number of nitrogens with one attached hydrogen (secondary N) is 1. The van der Waals surface area contributed by atoms with Crippen molar-refractivity contribution in [1.29, 1.82) is 0 Å². The van der Waals surface area contributed by atoms with Gasteiger partial charge >= 0.3 is 0 Å². The van der Waals surface area contributed by atoms with Crippen molar-refractivity contribution in [3.05, 3.63) is 70.5 Å². The molecule has 0 radical (unpaired) electrons. The molecular formula is C23H24FN5O4S. The second kappa shape index (κ2) is 10.8. The molecule has 0 spiro atoms. The summed E-state index contributed by atoms with van der Waals surface area (Å²) in [4.78, 5) is 39.4. The lowest BCUT2D eigenvalue weighted by molar-refractivity contribution is -0.122. The molecule has 0 saturated heterocycles. The number of methoxy groups -OCH3 is 1. The summed E-state index contributed by atoms with van der Waals surface area (Å²) < 4.78 is 22.6. The minimum atomic E-state index is -0.949. The number of hydrogen-bond acceptors (Lipinski definition) is 7. The summed E-state index contributed by atoms with van der Waals surface area (Å²) in [6, 6.07) is 11.4. The number of benzene rings is 2. The molecule has 0 saturated carbocycles. The lowest BCUT2D eigenvalue weighted by Gasteiger charge is -2.30. The van der Waals surface area contributed by atoms with E-state index in [9.17, 15) is 18.8 Å². The maximum Gasteiger partial charge on any atom is 0.272 e. The van der Waals surface area contributed by atoms with Crippen LogP contribution in [0.2, 0.25) is 0 Å². The fourth-order valence-electron chi connectivity index (χ4n) is 3.31. The Morgan fingerprint density at radius 1 is 1.15 bits per heavy atom. The van der Waals surface area contributed by atoms with Crippen molar-refractivity contribution in [1.82, 2.24) is 9.69 Å². The third-order valence-electron chi connectivity index (χ3n) is 5.11. The van der Waals surface area contributed by atoms with E-state index in [0.717, 1.165) is 5.56 Å². The fraction of sp³-hybridized carbons (Fsp3) is 0.217. The highest BCUT2D eigenvalue weighted by atomic mass is 32.1. The van der Waals surface area contributed by atoms with Crippen LogP contribution in [0.1, 0.15) is 39.1 Å². The van der Waals surface area contributed by atoms with Crippen LogP contribution in [0.3, 0.4) is 0 Å². The average molecular weight is 486 g/mol. The van der Waals surface area contributed by atoms with E-state index < -0.39 is 29.6 Å². The molecule has 0 fully saturated rings. The molecule has 1 atom stereocenters. The highest BCUT2D eigenvalue weighted by Gasteiger charge is 2.33. The van der Waals surface area contributed by atoms with Crippen molar-refractivity contribution in [2.75, 3.05) is 17.7 Å². The first-order valence-corrected chi connectivity index (χ1v) is 11.1. The summed E-state index contributed by atoms with van der Waals surface area (Å²) in [5.74, 6) is -1.76. The topological polar surface area (TPSA) is 141 Å². The molecule has 3 rings (SSSR count). The van der Waals surface area contributed by atoms with Gasteiger partial charge in [0.05, 0.1) is 12.8 Å². The Morgan fingerprint density at radius 2 is 1.79 bits per heavy atom. The molecule has 11 heteroatoms. The number of aromatic nitrogens is 1. The number of nitrogen functional groups attached to an aromatic ring is 1. The van der Waals surface area contributed by atoms with E-state index in [1.807, 2.05) is 12.1 Å². The smallest absolute Gasteiger partial charge is 0.272 e. The molecule has 0 unspecified atom stereocenters. The van der Waals surface area contributed by atoms with E-state index in [-0.39, 0.29) is 34.9 Å². The summed E-state index contributed by atoms with van der Waals surface area (Å²) in [5, 5.41) is 2.83. The number of carbonyl (C=O) groups excluding carboxylic acids is 3. The van der Waals surface area contributed by atoms with Crippen LogP contribution in [0.5, 0.6) is 5.75 Å². The van der Waals surface area contributed by atoms with Crippen molar-refractivity contribution in [3.63, 3.8) is 0 Å². The van der Waals surface area contributed by atoms with Crippen LogP contribution in [-0.2, 0) is 11.3 Å². The van der Waals surface area contributed by atoms with E-state index in [1.54, 1.807) is 26.2 Å². The van der Waals surface area contributed by atoms with Crippen LogP contribution < -0.4 is 26.4 Å². The molecule has 1 aromatic heterocycles. The van der Waals surface area contributed by atoms with Gasteiger partial charge in [-0.1, -0.05) is 19.1 Å². The quantitative estimate of drug-likeness (QED) is 0.426. The Bertz CT molecular complexity index is 1180. The first kappa shape index (κ1) is 24.6. The van der Waals surface area contributed by atoms with E-state index in [2.05, 4.69) is 9.69 Å². The Hall–Kier alpha value is -3.99. The van der Waals surface area contributed by atoms with Crippen molar-refractivity contribution >= 4 is 40.6 Å². The minimum Gasteiger partial charge on any atom is -0.497 e.